The Morgan fingerprint density at radius 1 is 1.26 bits per heavy atom. The summed E-state index contributed by atoms with van der Waals surface area (Å²) in [5, 5.41) is 23.7. The third-order valence-electron chi connectivity index (χ3n) is 4.94. The number of nitrogens with zero attached hydrogens (tertiary/aromatic N) is 2. The number of aliphatic hydroxyl groups is 1. The topological polar surface area (TPSA) is 141 Å². The maximum atomic E-state index is 12.8. The Bertz CT molecular complexity index is 1000. The zero-order chi connectivity index (χ0) is 25.3. The maximum absolute atomic E-state index is 12.8. The Balaban J connectivity index is 0.000000945. The van der Waals surface area contributed by atoms with Crippen LogP contribution in [0.1, 0.15) is 36.3 Å². The van der Waals surface area contributed by atoms with Gasteiger partial charge < -0.3 is 25.6 Å². The van der Waals surface area contributed by atoms with Gasteiger partial charge in [0.05, 0.1) is 41.2 Å². The van der Waals surface area contributed by atoms with Gasteiger partial charge in [-0.2, -0.15) is 0 Å². The lowest BCUT2D eigenvalue weighted by Gasteiger charge is -2.36. The second-order valence-electron chi connectivity index (χ2n) is 7.72. The summed E-state index contributed by atoms with van der Waals surface area (Å²) in [6, 6.07) is 8.30. The first-order valence-electron chi connectivity index (χ1n) is 10.6. The number of aliphatic carboxylic acids is 1. The summed E-state index contributed by atoms with van der Waals surface area (Å²) in [5.74, 6) is -1.23. The molecule has 1 aromatic heterocycles. The van der Waals surface area contributed by atoms with Crippen LogP contribution in [0.3, 0.4) is 0 Å². The van der Waals surface area contributed by atoms with Crippen LogP contribution in [0.25, 0.3) is 0 Å². The van der Waals surface area contributed by atoms with Gasteiger partial charge in [-0.15, -0.1) is 0 Å². The number of ether oxygens (including phenoxy) is 1. The number of carboxylic acid groups (broad SMARTS) is 1. The second-order valence-corrected chi connectivity index (χ2v) is 8.13. The predicted molar refractivity (Wildman–Crippen MR) is 127 cm³/mol. The van der Waals surface area contributed by atoms with Crippen LogP contribution < -0.4 is 15.4 Å². The summed E-state index contributed by atoms with van der Waals surface area (Å²) in [6.07, 6.45) is 1.63. The average molecular weight is 493 g/mol. The zero-order valence-electron chi connectivity index (χ0n) is 19.2. The number of likely N-dealkylation sites (tertiary alicyclic amines) is 1. The van der Waals surface area contributed by atoms with Crippen molar-refractivity contribution in [2.75, 3.05) is 25.5 Å². The number of halogens is 1. The van der Waals surface area contributed by atoms with E-state index in [9.17, 15) is 14.7 Å². The van der Waals surface area contributed by atoms with Crippen molar-refractivity contribution in [3.63, 3.8) is 0 Å². The normalized spacial score (nSPS) is 17.7. The van der Waals surface area contributed by atoms with Crippen LogP contribution in [-0.4, -0.2) is 70.2 Å². The Labute approximate surface area is 202 Å². The molecule has 1 aromatic carbocycles. The highest BCUT2D eigenvalue weighted by Crippen LogP contribution is 2.31. The first kappa shape index (κ1) is 27.0. The summed E-state index contributed by atoms with van der Waals surface area (Å²) < 4.78 is 5.29. The van der Waals surface area contributed by atoms with Crippen LogP contribution in [0, 0.1) is 0 Å². The predicted octanol–water partition coefficient (Wildman–Crippen LogP) is 2.16. The zero-order valence-corrected chi connectivity index (χ0v) is 20.0. The van der Waals surface area contributed by atoms with Crippen molar-refractivity contribution in [1.29, 1.82) is 0 Å². The van der Waals surface area contributed by atoms with E-state index in [1.807, 2.05) is 18.2 Å². The highest BCUT2D eigenvalue weighted by atomic mass is 35.5. The Kier molecular flexibility index (Phi) is 10.2. The SMILES string of the molecule is CC(=O)O.COc1cc(NC(C)=O)c(Cl)cc1C(=O)N[C@H]1CCN(Cc2ccccn2)C[C@H]1O. The van der Waals surface area contributed by atoms with Crippen molar-refractivity contribution in [3.05, 3.63) is 52.8 Å². The van der Waals surface area contributed by atoms with E-state index in [1.54, 1.807) is 6.20 Å². The van der Waals surface area contributed by atoms with Gasteiger partial charge in [0.2, 0.25) is 5.91 Å². The van der Waals surface area contributed by atoms with E-state index in [0.717, 1.165) is 19.2 Å². The maximum Gasteiger partial charge on any atom is 0.300 e. The Hall–Kier alpha value is -3.21. The van der Waals surface area contributed by atoms with E-state index in [2.05, 4.69) is 20.5 Å². The molecule has 10 nitrogen and oxygen atoms in total. The Morgan fingerprint density at radius 3 is 2.53 bits per heavy atom. The highest BCUT2D eigenvalue weighted by Gasteiger charge is 2.30. The lowest BCUT2D eigenvalue weighted by molar-refractivity contribution is -0.134. The molecule has 11 heteroatoms. The monoisotopic (exact) mass is 492 g/mol. The van der Waals surface area contributed by atoms with E-state index >= 15 is 0 Å². The molecule has 1 saturated heterocycles. The van der Waals surface area contributed by atoms with Gasteiger partial charge in [-0.3, -0.25) is 24.3 Å². The van der Waals surface area contributed by atoms with Crippen molar-refractivity contribution in [1.82, 2.24) is 15.2 Å². The summed E-state index contributed by atoms with van der Waals surface area (Å²) in [7, 11) is 1.43. The molecule has 1 aliphatic heterocycles. The van der Waals surface area contributed by atoms with Gasteiger partial charge in [-0.1, -0.05) is 17.7 Å². The number of hydrogen-bond acceptors (Lipinski definition) is 7. The number of β-amino-alcohol motifs (C(OH)–C–C–N with tert-alkyl or cyclic N) is 1. The minimum Gasteiger partial charge on any atom is -0.496 e. The van der Waals surface area contributed by atoms with Gasteiger partial charge in [0.25, 0.3) is 11.9 Å². The third-order valence-corrected chi connectivity index (χ3v) is 5.25. The van der Waals surface area contributed by atoms with E-state index in [-0.39, 0.29) is 22.2 Å². The fraction of sp³-hybridized carbons (Fsp3) is 0.391. The van der Waals surface area contributed by atoms with E-state index in [4.69, 9.17) is 26.2 Å². The molecule has 0 bridgehead atoms. The third kappa shape index (κ3) is 8.29. The fourth-order valence-electron chi connectivity index (χ4n) is 3.46. The molecule has 0 aliphatic carbocycles. The van der Waals surface area contributed by atoms with E-state index in [0.29, 0.717) is 25.2 Å². The van der Waals surface area contributed by atoms with Crippen molar-refractivity contribution in [2.45, 2.75) is 39.0 Å². The number of hydrogen-bond donors (Lipinski definition) is 4. The smallest absolute Gasteiger partial charge is 0.300 e. The molecule has 0 saturated carbocycles. The summed E-state index contributed by atoms with van der Waals surface area (Å²) in [5.41, 5.74) is 1.53. The van der Waals surface area contributed by atoms with Gasteiger partial charge in [0, 0.05) is 45.7 Å². The lowest BCUT2D eigenvalue weighted by Crippen LogP contribution is -2.53. The lowest BCUT2D eigenvalue weighted by atomic mass is 10.0. The van der Waals surface area contributed by atoms with Gasteiger partial charge in [-0.05, 0) is 24.6 Å². The molecule has 3 rings (SSSR count). The van der Waals surface area contributed by atoms with Crippen molar-refractivity contribution in [2.24, 2.45) is 0 Å². The van der Waals surface area contributed by atoms with Gasteiger partial charge in [0.15, 0.2) is 0 Å². The molecule has 34 heavy (non-hydrogen) atoms. The first-order chi connectivity index (χ1) is 16.1. The molecule has 0 radical (unpaired) electrons. The van der Waals surface area contributed by atoms with Crippen LogP contribution in [-0.2, 0) is 16.1 Å². The molecule has 2 aromatic rings. The minimum atomic E-state index is -0.833. The van der Waals surface area contributed by atoms with Gasteiger partial charge in [-0.25, -0.2) is 0 Å². The van der Waals surface area contributed by atoms with Crippen molar-refractivity contribution in [3.8, 4) is 5.75 Å². The van der Waals surface area contributed by atoms with Crippen molar-refractivity contribution >= 4 is 35.1 Å². The summed E-state index contributed by atoms with van der Waals surface area (Å²) in [6.45, 7) is 4.25. The van der Waals surface area contributed by atoms with Crippen molar-refractivity contribution < 1.29 is 29.3 Å². The molecule has 4 N–H and O–H groups in total. The number of anilines is 1. The number of rotatable bonds is 6. The second kappa shape index (κ2) is 12.9. The number of amides is 2. The molecular weight excluding hydrogens is 464 g/mol. The highest BCUT2D eigenvalue weighted by molar-refractivity contribution is 6.34. The molecule has 1 fully saturated rings. The number of pyridine rings is 1. The van der Waals surface area contributed by atoms with Crippen LogP contribution in [0.5, 0.6) is 5.75 Å². The number of aromatic nitrogens is 1. The molecule has 0 unspecified atom stereocenters. The molecule has 2 heterocycles. The number of carboxylic acids is 1. The molecule has 1 aliphatic rings. The molecule has 2 amide bonds. The summed E-state index contributed by atoms with van der Waals surface area (Å²) in [4.78, 5) is 39.5. The van der Waals surface area contributed by atoms with E-state index < -0.39 is 24.0 Å². The Morgan fingerprint density at radius 2 is 1.97 bits per heavy atom. The number of aliphatic hydroxyl groups excluding tert-OH is 1. The van der Waals surface area contributed by atoms with Gasteiger partial charge >= 0.3 is 0 Å². The number of carbonyl (C=O) groups is 3. The fourth-order valence-corrected chi connectivity index (χ4v) is 3.67. The number of methoxy groups -OCH3 is 1. The molecule has 2 atom stereocenters. The van der Waals surface area contributed by atoms with E-state index in [1.165, 1.54) is 26.2 Å². The summed E-state index contributed by atoms with van der Waals surface area (Å²) >= 11 is 6.20. The number of carbonyl (C=O) groups excluding carboxylic acids is 2. The molecule has 0 spiro atoms. The number of benzene rings is 1. The minimum absolute atomic E-state index is 0.224. The van der Waals surface area contributed by atoms with Crippen LogP contribution in [0.4, 0.5) is 5.69 Å². The number of piperidine rings is 1. The van der Waals surface area contributed by atoms with Crippen LogP contribution in [0.15, 0.2) is 36.5 Å². The van der Waals surface area contributed by atoms with Crippen LogP contribution >= 0.6 is 11.6 Å². The first-order valence-corrected chi connectivity index (χ1v) is 10.9. The number of nitrogens with one attached hydrogen (secondary N) is 2. The quantitative estimate of drug-likeness (QED) is 0.480. The molecule has 184 valence electrons. The van der Waals surface area contributed by atoms with Gasteiger partial charge in [0.1, 0.15) is 5.75 Å². The average Bonchev–Trinajstić information content (AvgIpc) is 2.76. The van der Waals surface area contributed by atoms with Crippen LogP contribution in [0.2, 0.25) is 5.02 Å². The largest absolute Gasteiger partial charge is 0.496 e. The molecular formula is C23H29ClN4O6. The standard InChI is InChI=1S/C21H25ClN4O4.C2H4O2/c1-13(27)24-18-10-20(30-2)15(9-16(18)22)21(29)25-17-6-8-26(12-19(17)28)11-14-5-3-4-7-23-14;1-2(3)4/h3-5,7,9-10,17,19,28H,6,8,11-12H2,1-2H3,(H,24,27)(H,25,29);1H3,(H,3,4)/t17-,19+;/m0./s1.